The maximum atomic E-state index is 11.3. The standard InChI is InChI=1S/C25H20N6O2.C2H6/c26-24(32)18-9-11-20(12-10-18)29-23-14-22(31-25(30-23)27-16-28-31)19-7-4-8-21(13-19)33-15-17-5-2-1-3-6-17;1-2/h1-14,16H,15H2,(H2,26,32)(H,27,28,29,30);1-2H3. The van der Waals surface area contributed by atoms with E-state index >= 15 is 0 Å². The number of amides is 1. The molecular formula is C27H26N6O2. The molecule has 0 unspecified atom stereocenters. The minimum Gasteiger partial charge on any atom is -0.489 e. The monoisotopic (exact) mass is 466 g/mol. The number of carbonyl (C=O) groups is 1. The van der Waals surface area contributed by atoms with Crippen molar-refractivity contribution < 1.29 is 9.53 Å². The molecule has 3 N–H and O–H groups in total. The van der Waals surface area contributed by atoms with Crippen molar-refractivity contribution in [2.75, 3.05) is 5.32 Å². The molecule has 3 aromatic carbocycles. The molecule has 0 aliphatic heterocycles. The van der Waals surface area contributed by atoms with Crippen LogP contribution >= 0.6 is 0 Å². The van der Waals surface area contributed by atoms with Crippen LogP contribution < -0.4 is 15.8 Å². The second-order valence-electron chi connectivity index (χ2n) is 7.37. The molecule has 0 saturated heterocycles. The third-order valence-corrected chi connectivity index (χ3v) is 5.07. The minimum atomic E-state index is -0.471. The molecule has 1 amide bonds. The van der Waals surface area contributed by atoms with Crippen LogP contribution in [-0.2, 0) is 6.61 Å². The normalized spacial score (nSPS) is 10.3. The molecule has 5 aromatic rings. The van der Waals surface area contributed by atoms with E-state index in [0.29, 0.717) is 23.8 Å². The van der Waals surface area contributed by atoms with E-state index in [4.69, 9.17) is 10.5 Å². The molecule has 176 valence electrons. The lowest BCUT2D eigenvalue weighted by Crippen LogP contribution is -2.10. The van der Waals surface area contributed by atoms with Gasteiger partial charge in [-0.3, -0.25) is 4.79 Å². The van der Waals surface area contributed by atoms with Crippen LogP contribution in [0.15, 0.2) is 91.3 Å². The van der Waals surface area contributed by atoms with Gasteiger partial charge in [0.15, 0.2) is 0 Å². The zero-order valence-electron chi connectivity index (χ0n) is 19.6. The number of ether oxygens (including phenoxy) is 1. The van der Waals surface area contributed by atoms with Gasteiger partial charge in [0, 0.05) is 22.9 Å². The van der Waals surface area contributed by atoms with Gasteiger partial charge in [-0.25, -0.2) is 0 Å². The number of nitrogens with one attached hydrogen (secondary N) is 1. The first-order valence-electron chi connectivity index (χ1n) is 11.3. The van der Waals surface area contributed by atoms with Crippen molar-refractivity contribution in [3.8, 4) is 17.0 Å². The van der Waals surface area contributed by atoms with E-state index in [2.05, 4.69) is 20.4 Å². The summed E-state index contributed by atoms with van der Waals surface area (Å²) in [5, 5.41) is 7.57. The van der Waals surface area contributed by atoms with E-state index in [1.165, 1.54) is 6.33 Å². The van der Waals surface area contributed by atoms with Crippen molar-refractivity contribution in [3.63, 3.8) is 0 Å². The van der Waals surface area contributed by atoms with Gasteiger partial charge in [-0.15, -0.1) is 0 Å². The molecule has 0 saturated carbocycles. The highest BCUT2D eigenvalue weighted by Crippen LogP contribution is 2.27. The summed E-state index contributed by atoms with van der Waals surface area (Å²) in [4.78, 5) is 20.1. The highest BCUT2D eigenvalue weighted by molar-refractivity contribution is 5.93. The number of aromatic nitrogens is 4. The van der Waals surface area contributed by atoms with Crippen LogP contribution in [0.2, 0.25) is 0 Å². The molecular weight excluding hydrogens is 440 g/mol. The topological polar surface area (TPSA) is 107 Å². The lowest BCUT2D eigenvalue weighted by Gasteiger charge is -2.11. The van der Waals surface area contributed by atoms with Gasteiger partial charge in [0.25, 0.3) is 5.78 Å². The van der Waals surface area contributed by atoms with Crippen LogP contribution in [0.5, 0.6) is 5.75 Å². The summed E-state index contributed by atoms with van der Waals surface area (Å²) < 4.78 is 7.67. The predicted octanol–water partition coefficient (Wildman–Crippen LogP) is 5.24. The fourth-order valence-corrected chi connectivity index (χ4v) is 3.43. The molecule has 0 bridgehead atoms. The summed E-state index contributed by atoms with van der Waals surface area (Å²) >= 11 is 0. The molecule has 0 fully saturated rings. The molecule has 0 aliphatic carbocycles. The summed E-state index contributed by atoms with van der Waals surface area (Å²) in [6, 6.07) is 26.6. The van der Waals surface area contributed by atoms with Crippen LogP contribution in [-0.4, -0.2) is 25.5 Å². The third-order valence-electron chi connectivity index (χ3n) is 5.07. The Morgan fingerprint density at radius 3 is 2.49 bits per heavy atom. The molecule has 8 nitrogen and oxygen atoms in total. The fourth-order valence-electron chi connectivity index (χ4n) is 3.43. The van der Waals surface area contributed by atoms with Gasteiger partial charge >= 0.3 is 0 Å². The Hall–Kier alpha value is -4.72. The summed E-state index contributed by atoms with van der Waals surface area (Å²) in [5.41, 5.74) is 9.33. The Morgan fingerprint density at radius 1 is 0.971 bits per heavy atom. The molecule has 0 spiro atoms. The zero-order chi connectivity index (χ0) is 24.6. The van der Waals surface area contributed by atoms with E-state index in [0.717, 1.165) is 28.3 Å². The van der Waals surface area contributed by atoms with E-state index < -0.39 is 5.91 Å². The molecule has 2 aromatic heterocycles. The number of primary amides is 1. The van der Waals surface area contributed by atoms with Crippen LogP contribution in [0.1, 0.15) is 29.8 Å². The van der Waals surface area contributed by atoms with Crippen LogP contribution in [0.4, 0.5) is 11.5 Å². The number of benzene rings is 3. The number of carbonyl (C=O) groups excluding carboxylic acids is 1. The number of nitrogens with two attached hydrogens (primary N) is 1. The smallest absolute Gasteiger partial charge is 0.254 e. The summed E-state index contributed by atoms with van der Waals surface area (Å²) in [6.45, 7) is 4.48. The number of hydrogen-bond acceptors (Lipinski definition) is 6. The van der Waals surface area contributed by atoms with Crippen LogP contribution in [0, 0.1) is 0 Å². The summed E-state index contributed by atoms with van der Waals surface area (Å²) in [6.07, 6.45) is 1.47. The first kappa shape index (κ1) is 23.4. The van der Waals surface area contributed by atoms with Gasteiger partial charge in [-0.1, -0.05) is 56.3 Å². The largest absolute Gasteiger partial charge is 0.489 e. The summed E-state index contributed by atoms with van der Waals surface area (Å²) in [5.74, 6) is 1.33. The highest BCUT2D eigenvalue weighted by Gasteiger charge is 2.11. The predicted molar refractivity (Wildman–Crippen MR) is 137 cm³/mol. The number of fused-ring (bicyclic) bond motifs is 1. The Kier molecular flexibility index (Phi) is 7.32. The van der Waals surface area contributed by atoms with E-state index in [1.54, 1.807) is 28.8 Å². The van der Waals surface area contributed by atoms with Crippen molar-refractivity contribution >= 4 is 23.2 Å². The maximum absolute atomic E-state index is 11.3. The average molecular weight is 467 g/mol. The van der Waals surface area contributed by atoms with Gasteiger partial charge < -0.3 is 15.8 Å². The first-order chi connectivity index (χ1) is 17.2. The SMILES string of the molecule is CC.NC(=O)c1ccc(Nc2cc(-c3cccc(OCc4ccccc4)c3)n3ncnc3n2)cc1. The molecule has 8 heteroatoms. The Labute approximate surface area is 203 Å². The number of nitrogens with zero attached hydrogens (tertiary/aromatic N) is 4. The maximum Gasteiger partial charge on any atom is 0.254 e. The first-order valence-corrected chi connectivity index (χ1v) is 11.3. The number of rotatable bonds is 7. The quantitative estimate of drug-likeness (QED) is 0.340. The van der Waals surface area contributed by atoms with E-state index in [9.17, 15) is 4.79 Å². The molecule has 0 atom stereocenters. The van der Waals surface area contributed by atoms with Gasteiger partial charge in [-0.05, 0) is 42.0 Å². The molecule has 0 radical (unpaired) electrons. The zero-order valence-corrected chi connectivity index (χ0v) is 19.6. The Bertz CT molecular complexity index is 1420. The van der Waals surface area contributed by atoms with Gasteiger partial charge in [0.1, 0.15) is 24.5 Å². The van der Waals surface area contributed by atoms with Crippen LogP contribution in [0.25, 0.3) is 17.0 Å². The van der Waals surface area contributed by atoms with Crippen molar-refractivity contribution in [1.29, 1.82) is 0 Å². The minimum absolute atomic E-state index is 0.439. The highest BCUT2D eigenvalue weighted by atomic mass is 16.5. The lowest BCUT2D eigenvalue weighted by atomic mass is 10.1. The van der Waals surface area contributed by atoms with Gasteiger partial charge in [-0.2, -0.15) is 19.6 Å². The van der Waals surface area contributed by atoms with Crippen molar-refractivity contribution in [1.82, 2.24) is 19.6 Å². The average Bonchev–Trinajstić information content (AvgIpc) is 3.38. The van der Waals surface area contributed by atoms with Crippen molar-refractivity contribution in [2.24, 2.45) is 5.73 Å². The second-order valence-corrected chi connectivity index (χ2v) is 7.37. The third kappa shape index (κ3) is 5.62. The molecule has 0 aliphatic rings. The van der Waals surface area contributed by atoms with E-state index in [1.807, 2.05) is 74.5 Å². The van der Waals surface area contributed by atoms with E-state index in [-0.39, 0.29) is 0 Å². The van der Waals surface area contributed by atoms with Crippen molar-refractivity contribution in [2.45, 2.75) is 20.5 Å². The van der Waals surface area contributed by atoms with Crippen molar-refractivity contribution in [3.05, 3.63) is 102 Å². The second kappa shape index (κ2) is 10.9. The number of hydrogen-bond donors (Lipinski definition) is 2. The van der Waals surface area contributed by atoms with Crippen LogP contribution in [0.3, 0.4) is 0 Å². The number of anilines is 2. The van der Waals surface area contributed by atoms with Gasteiger partial charge in [0.05, 0.1) is 5.69 Å². The Balaban J connectivity index is 0.00000141. The molecule has 35 heavy (non-hydrogen) atoms. The molecule has 5 rings (SSSR count). The van der Waals surface area contributed by atoms with Gasteiger partial charge in [0.2, 0.25) is 5.91 Å². The Morgan fingerprint density at radius 2 is 1.74 bits per heavy atom. The lowest BCUT2D eigenvalue weighted by molar-refractivity contribution is 0.100. The molecule has 2 heterocycles. The summed E-state index contributed by atoms with van der Waals surface area (Å²) in [7, 11) is 0. The fraction of sp³-hybridized carbons (Fsp3) is 0.111.